The van der Waals surface area contributed by atoms with E-state index in [1.54, 1.807) is 0 Å². The first-order chi connectivity index (χ1) is 11.1. The highest BCUT2D eigenvalue weighted by Crippen LogP contribution is 2.22. The van der Waals surface area contributed by atoms with Crippen molar-refractivity contribution < 1.29 is 0 Å². The van der Waals surface area contributed by atoms with Gasteiger partial charge in [-0.2, -0.15) is 0 Å². The Hall–Kier alpha value is -1.07. The summed E-state index contributed by atoms with van der Waals surface area (Å²) in [5, 5.41) is 6.54. The molecular weight excluding hydrogens is 326 g/mol. The summed E-state index contributed by atoms with van der Waals surface area (Å²) in [6.45, 7) is 6.40. The number of nitrogen functional groups attached to an aromatic ring is 1. The van der Waals surface area contributed by atoms with E-state index in [0.29, 0.717) is 16.8 Å². The topological polar surface area (TPSA) is 41.3 Å². The van der Waals surface area contributed by atoms with Crippen LogP contribution in [-0.4, -0.2) is 24.0 Å². The molecule has 0 unspecified atom stereocenters. The third-order valence-corrected chi connectivity index (χ3v) is 5.93. The smallest absolute Gasteiger partial charge is 0.0638 e. The summed E-state index contributed by atoms with van der Waals surface area (Å²) in [4.78, 5) is 3.96. The van der Waals surface area contributed by atoms with Crippen molar-refractivity contribution >= 4 is 28.6 Å². The first-order valence-electron chi connectivity index (χ1n) is 8.14. The van der Waals surface area contributed by atoms with Crippen molar-refractivity contribution in [1.29, 1.82) is 0 Å². The Kier molecular flexibility index (Phi) is 5.59. The SMILES string of the molecule is Cc1ccsc1CNC1CCN(Cc2ccc(N)c(Cl)c2)CC1. The summed E-state index contributed by atoms with van der Waals surface area (Å²) < 4.78 is 0. The minimum atomic E-state index is 0.628. The molecule has 0 radical (unpaired) electrons. The van der Waals surface area contributed by atoms with E-state index >= 15 is 0 Å². The lowest BCUT2D eigenvalue weighted by atomic mass is 10.0. The van der Waals surface area contributed by atoms with Crippen LogP contribution < -0.4 is 11.1 Å². The molecule has 0 atom stereocenters. The monoisotopic (exact) mass is 349 g/mol. The van der Waals surface area contributed by atoms with Crippen molar-refractivity contribution in [2.45, 2.75) is 38.9 Å². The fraction of sp³-hybridized carbons (Fsp3) is 0.444. The van der Waals surface area contributed by atoms with Crippen molar-refractivity contribution in [2.75, 3.05) is 18.8 Å². The lowest BCUT2D eigenvalue weighted by Crippen LogP contribution is -2.41. The third-order valence-electron chi connectivity index (χ3n) is 4.58. The minimum Gasteiger partial charge on any atom is -0.398 e. The number of halogens is 1. The van der Waals surface area contributed by atoms with Crippen molar-refractivity contribution in [3.63, 3.8) is 0 Å². The highest BCUT2D eigenvalue weighted by atomic mass is 35.5. The van der Waals surface area contributed by atoms with Gasteiger partial charge in [-0.1, -0.05) is 17.7 Å². The molecule has 1 aromatic carbocycles. The second-order valence-corrected chi connectivity index (χ2v) is 7.72. The quantitative estimate of drug-likeness (QED) is 0.800. The van der Waals surface area contributed by atoms with E-state index in [9.17, 15) is 0 Å². The van der Waals surface area contributed by atoms with E-state index in [1.807, 2.05) is 23.5 Å². The molecule has 3 N–H and O–H groups in total. The Morgan fingerprint density at radius 2 is 2.09 bits per heavy atom. The molecule has 3 nitrogen and oxygen atoms in total. The summed E-state index contributed by atoms with van der Waals surface area (Å²) >= 11 is 7.95. The molecule has 3 rings (SSSR count). The molecule has 0 saturated carbocycles. The van der Waals surface area contributed by atoms with Gasteiger partial charge >= 0.3 is 0 Å². The van der Waals surface area contributed by atoms with Crippen LogP contribution in [0.4, 0.5) is 5.69 Å². The van der Waals surface area contributed by atoms with Gasteiger partial charge in [-0.15, -0.1) is 11.3 Å². The molecule has 0 aliphatic carbocycles. The number of hydrogen-bond donors (Lipinski definition) is 2. The third kappa shape index (κ3) is 4.48. The lowest BCUT2D eigenvalue weighted by Gasteiger charge is -2.32. The number of anilines is 1. The van der Waals surface area contributed by atoms with E-state index in [2.05, 4.69) is 34.7 Å². The van der Waals surface area contributed by atoms with E-state index in [4.69, 9.17) is 17.3 Å². The average Bonchev–Trinajstić information content (AvgIpc) is 2.95. The standard InChI is InChI=1S/C18H24ClN3S/c1-13-6-9-23-18(13)11-21-15-4-7-22(8-5-15)12-14-2-3-17(20)16(19)10-14/h2-3,6,9-10,15,21H,4-5,7-8,11-12,20H2,1H3. The zero-order valence-corrected chi connectivity index (χ0v) is 15.1. The predicted molar refractivity (Wildman–Crippen MR) is 100 cm³/mol. The molecule has 0 bridgehead atoms. The van der Waals surface area contributed by atoms with Crippen molar-refractivity contribution in [1.82, 2.24) is 10.2 Å². The largest absolute Gasteiger partial charge is 0.398 e. The van der Waals surface area contributed by atoms with Crippen molar-refractivity contribution in [2.24, 2.45) is 0 Å². The van der Waals surface area contributed by atoms with Gasteiger partial charge in [0.25, 0.3) is 0 Å². The first kappa shape index (κ1) is 16.8. The summed E-state index contributed by atoms with van der Waals surface area (Å²) in [5.41, 5.74) is 9.07. The van der Waals surface area contributed by atoms with Crippen LogP contribution in [0.2, 0.25) is 5.02 Å². The summed E-state index contributed by atoms with van der Waals surface area (Å²) in [6.07, 6.45) is 2.40. The number of benzene rings is 1. The number of thiophene rings is 1. The second-order valence-electron chi connectivity index (χ2n) is 6.31. The Bertz CT molecular complexity index is 647. The van der Waals surface area contributed by atoms with Crippen molar-refractivity contribution in [3.05, 3.63) is 50.7 Å². The van der Waals surface area contributed by atoms with Crippen LogP contribution in [0.1, 0.15) is 28.8 Å². The van der Waals surface area contributed by atoms with Crippen LogP contribution in [0, 0.1) is 6.92 Å². The van der Waals surface area contributed by atoms with Gasteiger partial charge in [0.1, 0.15) is 0 Å². The molecule has 1 fully saturated rings. The van der Waals surface area contributed by atoms with Gasteiger partial charge in [0.2, 0.25) is 0 Å². The lowest BCUT2D eigenvalue weighted by molar-refractivity contribution is 0.190. The van der Waals surface area contributed by atoms with Gasteiger partial charge < -0.3 is 11.1 Å². The molecule has 124 valence electrons. The van der Waals surface area contributed by atoms with Gasteiger partial charge in [0, 0.05) is 24.0 Å². The van der Waals surface area contributed by atoms with Crippen LogP contribution in [0.15, 0.2) is 29.6 Å². The Balaban J connectivity index is 1.45. The molecule has 23 heavy (non-hydrogen) atoms. The average molecular weight is 350 g/mol. The molecule has 1 aromatic heterocycles. The van der Waals surface area contributed by atoms with E-state index in [1.165, 1.54) is 28.8 Å². The Morgan fingerprint density at radius 1 is 1.30 bits per heavy atom. The number of rotatable bonds is 5. The second kappa shape index (κ2) is 7.67. The molecular formula is C18H24ClN3S. The maximum Gasteiger partial charge on any atom is 0.0638 e. The minimum absolute atomic E-state index is 0.628. The first-order valence-corrected chi connectivity index (χ1v) is 9.40. The van der Waals surface area contributed by atoms with Crippen LogP contribution in [-0.2, 0) is 13.1 Å². The zero-order chi connectivity index (χ0) is 16.2. The Morgan fingerprint density at radius 3 is 2.74 bits per heavy atom. The molecule has 1 saturated heterocycles. The summed E-state index contributed by atoms with van der Waals surface area (Å²) in [5.74, 6) is 0. The highest BCUT2D eigenvalue weighted by molar-refractivity contribution is 7.10. The molecule has 2 heterocycles. The maximum atomic E-state index is 6.10. The summed E-state index contributed by atoms with van der Waals surface area (Å²) in [7, 11) is 0. The number of aryl methyl sites for hydroxylation is 1. The fourth-order valence-electron chi connectivity index (χ4n) is 3.04. The van der Waals surface area contributed by atoms with Gasteiger partial charge in [-0.05, 0) is 67.6 Å². The van der Waals surface area contributed by atoms with E-state index in [0.717, 1.165) is 26.2 Å². The van der Waals surface area contributed by atoms with Crippen molar-refractivity contribution in [3.8, 4) is 0 Å². The normalized spacial score (nSPS) is 16.8. The molecule has 2 aromatic rings. The van der Waals surface area contributed by atoms with Crippen LogP contribution >= 0.6 is 22.9 Å². The van der Waals surface area contributed by atoms with Crippen LogP contribution in [0.3, 0.4) is 0 Å². The number of likely N-dealkylation sites (tertiary alicyclic amines) is 1. The number of hydrogen-bond acceptors (Lipinski definition) is 4. The molecule has 1 aliphatic rings. The van der Waals surface area contributed by atoms with E-state index in [-0.39, 0.29) is 0 Å². The van der Waals surface area contributed by atoms with Gasteiger partial charge in [-0.3, -0.25) is 4.90 Å². The highest BCUT2D eigenvalue weighted by Gasteiger charge is 2.19. The number of nitrogens with zero attached hydrogens (tertiary/aromatic N) is 1. The van der Waals surface area contributed by atoms with Gasteiger partial charge in [0.05, 0.1) is 10.7 Å². The fourth-order valence-corrected chi connectivity index (χ4v) is 4.10. The van der Waals surface area contributed by atoms with Gasteiger partial charge in [-0.25, -0.2) is 0 Å². The number of piperidine rings is 1. The number of nitrogens with two attached hydrogens (primary N) is 1. The molecule has 0 spiro atoms. The Labute approximate surface area is 147 Å². The molecule has 0 amide bonds. The van der Waals surface area contributed by atoms with Gasteiger partial charge in [0.15, 0.2) is 0 Å². The number of nitrogens with one attached hydrogen (secondary N) is 1. The maximum absolute atomic E-state index is 6.10. The predicted octanol–water partition coefficient (Wildman–Crippen LogP) is 4.05. The molecule has 5 heteroatoms. The summed E-state index contributed by atoms with van der Waals surface area (Å²) in [6, 6.07) is 8.78. The van der Waals surface area contributed by atoms with E-state index < -0.39 is 0 Å². The van der Waals surface area contributed by atoms with Crippen LogP contribution in [0.25, 0.3) is 0 Å². The zero-order valence-electron chi connectivity index (χ0n) is 13.5. The van der Waals surface area contributed by atoms with Crippen LogP contribution in [0.5, 0.6) is 0 Å². The molecule has 1 aliphatic heterocycles.